The summed E-state index contributed by atoms with van der Waals surface area (Å²) in [6, 6.07) is 0. The van der Waals surface area contributed by atoms with Crippen molar-refractivity contribution in [3.05, 3.63) is 0 Å². The Kier molecular flexibility index (Phi) is 3.22. The number of aliphatic hydroxyl groups excluding tert-OH is 1. The lowest BCUT2D eigenvalue weighted by molar-refractivity contribution is -0.156. The number of carboxylic acid groups (broad SMARTS) is 1. The smallest absolute Gasteiger partial charge is 0.316 e. The maximum Gasteiger partial charge on any atom is 0.316 e. The number of carbonyl (C=O) groups is 2. The van der Waals surface area contributed by atoms with Gasteiger partial charge >= 0.3 is 5.97 Å². The average Bonchev–Trinajstić information content (AvgIpc) is 2.02. The molecule has 0 spiro atoms. The van der Waals surface area contributed by atoms with Crippen molar-refractivity contribution in [3.63, 3.8) is 0 Å². The van der Waals surface area contributed by atoms with E-state index in [9.17, 15) is 9.59 Å². The van der Waals surface area contributed by atoms with Crippen LogP contribution < -0.4 is 0 Å². The number of carboxylic acids is 1. The quantitative estimate of drug-likeness (QED) is 0.636. The van der Waals surface area contributed by atoms with Crippen molar-refractivity contribution in [1.29, 1.82) is 0 Å². The Balaban J connectivity index is 4.90. The largest absolute Gasteiger partial charge is 0.481 e. The van der Waals surface area contributed by atoms with Gasteiger partial charge < -0.3 is 10.2 Å². The normalized spacial score (nSPS) is 12.7. The van der Waals surface area contributed by atoms with Gasteiger partial charge in [0.1, 0.15) is 5.41 Å². The number of Topliss-reactive ketones (excluding diaryl/α,β-unsaturated/α-hetero) is 1. The molecule has 0 saturated carbocycles. The first-order chi connectivity index (χ1) is 5.66. The van der Waals surface area contributed by atoms with E-state index in [4.69, 9.17) is 10.2 Å². The number of aliphatic carboxylic acids is 1. The predicted molar refractivity (Wildman–Crippen MR) is 47.3 cm³/mol. The summed E-state index contributed by atoms with van der Waals surface area (Å²) in [4.78, 5) is 22.3. The van der Waals surface area contributed by atoms with Crippen LogP contribution in [-0.4, -0.2) is 28.6 Å². The molecule has 0 radical (unpaired) electrons. The molecule has 0 aliphatic carbocycles. The molecule has 0 atom stereocenters. The zero-order valence-corrected chi connectivity index (χ0v) is 8.42. The molecule has 2 N–H and O–H groups in total. The van der Waals surface area contributed by atoms with Gasteiger partial charge in [0.25, 0.3) is 0 Å². The molecule has 0 rings (SSSR count). The highest BCUT2D eigenvalue weighted by Crippen LogP contribution is 2.29. The molecule has 0 aliphatic rings. The molecular weight excluding hydrogens is 172 g/mol. The lowest BCUT2D eigenvalue weighted by Crippen LogP contribution is -2.43. The summed E-state index contributed by atoms with van der Waals surface area (Å²) in [7, 11) is 0. The Bertz CT molecular complexity index is 228. The van der Waals surface area contributed by atoms with Gasteiger partial charge in [0, 0.05) is 5.41 Å². The van der Waals surface area contributed by atoms with E-state index in [-0.39, 0.29) is 6.61 Å². The van der Waals surface area contributed by atoms with Crippen molar-refractivity contribution >= 4 is 11.8 Å². The molecule has 76 valence electrons. The van der Waals surface area contributed by atoms with Gasteiger partial charge in [-0.2, -0.15) is 0 Å². The van der Waals surface area contributed by atoms with Crippen molar-refractivity contribution in [2.24, 2.45) is 10.8 Å². The maximum absolute atomic E-state index is 11.6. The lowest BCUT2D eigenvalue weighted by atomic mass is 9.74. The van der Waals surface area contributed by atoms with Crippen molar-refractivity contribution in [2.75, 3.05) is 6.61 Å². The van der Waals surface area contributed by atoms with Gasteiger partial charge in [-0.05, 0) is 13.8 Å². The van der Waals surface area contributed by atoms with E-state index in [1.807, 2.05) is 0 Å². The first-order valence-corrected chi connectivity index (χ1v) is 4.05. The van der Waals surface area contributed by atoms with Gasteiger partial charge in [-0.3, -0.25) is 9.59 Å². The summed E-state index contributed by atoms with van der Waals surface area (Å²) in [5.74, 6) is -1.63. The fraction of sp³-hybridized carbons (Fsp3) is 0.778. The van der Waals surface area contributed by atoms with Gasteiger partial charge in [-0.15, -0.1) is 0 Å². The average molecular weight is 188 g/mol. The molecule has 0 heterocycles. The molecule has 0 aromatic carbocycles. The third kappa shape index (κ3) is 2.28. The Morgan fingerprint density at radius 1 is 1.15 bits per heavy atom. The number of rotatable bonds is 4. The molecule has 0 amide bonds. The van der Waals surface area contributed by atoms with Crippen LogP contribution in [0.15, 0.2) is 0 Å². The van der Waals surface area contributed by atoms with Crippen molar-refractivity contribution in [2.45, 2.75) is 27.7 Å². The Morgan fingerprint density at radius 3 is 1.77 bits per heavy atom. The Morgan fingerprint density at radius 2 is 1.54 bits per heavy atom. The summed E-state index contributed by atoms with van der Waals surface area (Å²) in [5, 5.41) is 17.7. The molecule has 0 bridgehead atoms. The molecule has 4 nitrogen and oxygen atoms in total. The van der Waals surface area contributed by atoms with E-state index in [0.717, 1.165) is 0 Å². The van der Waals surface area contributed by atoms with E-state index in [2.05, 4.69) is 0 Å². The van der Waals surface area contributed by atoms with E-state index >= 15 is 0 Å². The summed E-state index contributed by atoms with van der Waals surface area (Å²) in [6.45, 7) is 5.40. The van der Waals surface area contributed by atoms with Crippen molar-refractivity contribution in [3.8, 4) is 0 Å². The van der Waals surface area contributed by atoms with Gasteiger partial charge in [0.2, 0.25) is 0 Å². The molecule has 13 heavy (non-hydrogen) atoms. The third-order valence-electron chi connectivity index (χ3n) is 2.11. The number of ketones is 1. The van der Waals surface area contributed by atoms with Crippen molar-refractivity contribution < 1.29 is 19.8 Å². The van der Waals surface area contributed by atoms with Crippen LogP contribution in [0.1, 0.15) is 27.7 Å². The standard InChI is InChI=1S/C9H16O4/c1-8(2,5-10)6(11)9(3,4)7(12)13/h10H,5H2,1-4H3,(H,12,13). The summed E-state index contributed by atoms with van der Waals surface area (Å²) in [6.07, 6.45) is 0. The fourth-order valence-corrected chi connectivity index (χ4v) is 1.01. The second kappa shape index (κ2) is 3.46. The summed E-state index contributed by atoms with van der Waals surface area (Å²) in [5.41, 5.74) is -2.44. The lowest BCUT2D eigenvalue weighted by Gasteiger charge is -2.28. The molecule has 4 heteroatoms. The van der Waals surface area contributed by atoms with E-state index in [1.165, 1.54) is 27.7 Å². The Hall–Kier alpha value is -0.900. The molecule has 0 fully saturated rings. The highest BCUT2D eigenvalue weighted by molar-refractivity contribution is 6.04. The van der Waals surface area contributed by atoms with Crippen LogP contribution in [-0.2, 0) is 9.59 Å². The van der Waals surface area contributed by atoms with E-state index < -0.39 is 22.6 Å². The first-order valence-electron chi connectivity index (χ1n) is 4.05. The maximum atomic E-state index is 11.6. The number of hydrogen-bond donors (Lipinski definition) is 2. The van der Waals surface area contributed by atoms with Crippen LogP contribution in [0, 0.1) is 10.8 Å². The van der Waals surface area contributed by atoms with Crippen LogP contribution in [0.3, 0.4) is 0 Å². The van der Waals surface area contributed by atoms with Gasteiger partial charge in [-0.25, -0.2) is 0 Å². The Labute approximate surface area is 77.6 Å². The minimum absolute atomic E-state index is 0.345. The minimum Gasteiger partial charge on any atom is -0.481 e. The molecule has 0 saturated heterocycles. The molecule has 0 aromatic rings. The van der Waals surface area contributed by atoms with Crippen molar-refractivity contribution in [1.82, 2.24) is 0 Å². The first kappa shape index (κ1) is 12.1. The van der Waals surface area contributed by atoms with Gasteiger partial charge in [0.05, 0.1) is 6.61 Å². The van der Waals surface area contributed by atoms with Crippen LogP contribution >= 0.6 is 0 Å². The second-order valence-electron chi connectivity index (χ2n) is 4.30. The van der Waals surface area contributed by atoms with Crippen LogP contribution in [0.25, 0.3) is 0 Å². The summed E-state index contributed by atoms with van der Waals surface area (Å²) >= 11 is 0. The molecular formula is C9H16O4. The number of aliphatic hydroxyl groups is 1. The number of carbonyl (C=O) groups excluding carboxylic acids is 1. The molecule has 0 aromatic heterocycles. The number of hydrogen-bond acceptors (Lipinski definition) is 3. The summed E-state index contributed by atoms with van der Waals surface area (Å²) < 4.78 is 0. The van der Waals surface area contributed by atoms with Gasteiger partial charge in [-0.1, -0.05) is 13.8 Å². The molecule has 0 aliphatic heterocycles. The van der Waals surface area contributed by atoms with Crippen LogP contribution in [0.4, 0.5) is 0 Å². The predicted octanol–water partition coefficient (Wildman–Crippen LogP) is 0.685. The highest BCUT2D eigenvalue weighted by Gasteiger charge is 2.43. The monoisotopic (exact) mass is 188 g/mol. The van der Waals surface area contributed by atoms with Crippen LogP contribution in [0.2, 0.25) is 0 Å². The minimum atomic E-state index is -1.44. The SMILES string of the molecule is CC(C)(CO)C(=O)C(C)(C)C(=O)O. The van der Waals surface area contributed by atoms with E-state index in [1.54, 1.807) is 0 Å². The zero-order valence-electron chi connectivity index (χ0n) is 8.42. The molecule has 0 unspecified atom stereocenters. The highest BCUT2D eigenvalue weighted by atomic mass is 16.4. The van der Waals surface area contributed by atoms with E-state index in [0.29, 0.717) is 0 Å². The zero-order chi connectivity index (χ0) is 10.9. The van der Waals surface area contributed by atoms with Gasteiger partial charge in [0.15, 0.2) is 5.78 Å². The third-order valence-corrected chi connectivity index (χ3v) is 2.11. The van der Waals surface area contributed by atoms with Crippen LogP contribution in [0.5, 0.6) is 0 Å². The second-order valence-corrected chi connectivity index (χ2v) is 4.30. The fourth-order valence-electron chi connectivity index (χ4n) is 1.01. The topological polar surface area (TPSA) is 74.6 Å².